The topological polar surface area (TPSA) is 0 Å². The van der Waals surface area contributed by atoms with Gasteiger partial charge in [-0.1, -0.05) is 24.3 Å². The molecule has 0 fully saturated rings. The molecule has 0 saturated carbocycles. The molecule has 1 rings (SSSR count). The fourth-order valence-corrected chi connectivity index (χ4v) is 1.48. The highest BCUT2D eigenvalue weighted by atomic mass is 14.1. The lowest BCUT2D eigenvalue weighted by molar-refractivity contribution is 1.13. The highest BCUT2D eigenvalue weighted by molar-refractivity contribution is 5.37. The Balaban J connectivity index is 3.10. The van der Waals surface area contributed by atoms with Crippen molar-refractivity contribution < 1.29 is 0 Å². The molecule has 66 valence electrons. The van der Waals surface area contributed by atoms with Gasteiger partial charge in [-0.3, -0.25) is 0 Å². The molecule has 0 N–H and O–H groups in total. The van der Waals surface area contributed by atoms with Crippen molar-refractivity contribution in [2.75, 3.05) is 0 Å². The summed E-state index contributed by atoms with van der Waals surface area (Å²) in [7, 11) is 0. The lowest BCUT2D eigenvalue weighted by atomic mass is 9.97. The molecule has 0 aromatic heterocycles. The van der Waals surface area contributed by atoms with E-state index in [1.54, 1.807) is 0 Å². The van der Waals surface area contributed by atoms with Crippen LogP contribution in [-0.4, -0.2) is 0 Å². The summed E-state index contributed by atoms with van der Waals surface area (Å²) in [5, 5.41) is 0. The molecule has 0 atom stereocenters. The lowest BCUT2D eigenvalue weighted by Gasteiger charge is -2.08. The van der Waals surface area contributed by atoms with Crippen LogP contribution in [0.1, 0.15) is 16.7 Å². The van der Waals surface area contributed by atoms with Crippen molar-refractivity contribution in [2.24, 2.45) is 0 Å². The quantitative estimate of drug-likeness (QED) is 0.483. The minimum atomic E-state index is 0.713. The van der Waals surface area contributed by atoms with Crippen molar-refractivity contribution in [3.8, 4) is 12.3 Å². The van der Waals surface area contributed by atoms with Gasteiger partial charge in [0.2, 0.25) is 0 Å². The summed E-state index contributed by atoms with van der Waals surface area (Å²) in [5.74, 6) is 2.68. The molecular formula is C13H14. The van der Waals surface area contributed by atoms with Gasteiger partial charge >= 0.3 is 0 Å². The second-order valence-electron chi connectivity index (χ2n) is 3.09. The number of benzene rings is 1. The number of hydrogen-bond donors (Lipinski definition) is 0. The van der Waals surface area contributed by atoms with Crippen LogP contribution in [0.3, 0.4) is 0 Å². The van der Waals surface area contributed by atoms with Gasteiger partial charge in [-0.15, -0.1) is 18.9 Å². The van der Waals surface area contributed by atoms with Gasteiger partial charge in [0.25, 0.3) is 0 Å². The van der Waals surface area contributed by atoms with Crippen LogP contribution in [0.15, 0.2) is 30.9 Å². The Morgan fingerprint density at radius 1 is 1.54 bits per heavy atom. The first-order valence-electron chi connectivity index (χ1n) is 4.41. The second-order valence-corrected chi connectivity index (χ2v) is 3.09. The summed E-state index contributed by atoms with van der Waals surface area (Å²) in [6, 6.07) is 6.25. The minimum absolute atomic E-state index is 0.713. The molecule has 0 nitrogen and oxygen atoms in total. The Kier molecular flexibility index (Phi) is 3.34. The van der Waals surface area contributed by atoms with E-state index < -0.39 is 0 Å². The van der Waals surface area contributed by atoms with Gasteiger partial charge in [-0.2, -0.15) is 0 Å². The van der Waals surface area contributed by atoms with Gasteiger partial charge in [0.05, 0.1) is 0 Å². The van der Waals surface area contributed by atoms with Crippen molar-refractivity contribution in [1.82, 2.24) is 0 Å². The predicted octanol–water partition coefficient (Wildman–Crippen LogP) is 2.90. The first-order chi connectivity index (χ1) is 6.29. The molecule has 13 heavy (non-hydrogen) atoms. The van der Waals surface area contributed by atoms with Crippen LogP contribution in [0.2, 0.25) is 0 Å². The molecule has 0 aliphatic carbocycles. The SMILES string of the molecule is C#CCc1cccc(C)c1CC=C. The highest BCUT2D eigenvalue weighted by Crippen LogP contribution is 2.15. The zero-order chi connectivity index (χ0) is 9.68. The summed E-state index contributed by atoms with van der Waals surface area (Å²) in [6.45, 7) is 5.86. The molecule has 1 aromatic rings. The minimum Gasteiger partial charge on any atom is -0.120 e. The van der Waals surface area contributed by atoms with E-state index in [1.165, 1.54) is 16.7 Å². The van der Waals surface area contributed by atoms with Crippen LogP contribution >= 0.6 is 0 Å². The Labute approximate surface area is 80.3 Å². The second kappa shape index (κ2) is 4.52. The normalized spacial score (nSPS) is 9.23. The Morgan fingerprint density at radius 3 is 2.92 bits per heavy atom. The lowest BCUT2D eigenvalue weighted by Crippen LogP contribution is -1.94. The number of rotatable bonds is 3. The first-order valence-corrected chi connectivity index (χ1v) is 4.41. The first kappa shape index (κ1) is 9.61. The third kappa shape index (κ3) is 2.23. The maximum Gasteiger partial charge on any atom is 0.0340 e. The summed E-state index contributed by atoms with van der Waals surface area (Å²) < 4.78 is 0. The van der Waals surface area contributed by atoms with E-state index in [0.29, 0.717) is 6.42 Å². The van der Waals surface area contributed by atoms with E-state index >= 15 is 0 Å². The Hall–Kier alpha value is -1.48. The smallest absolute Gasteiger partial charge is 0.0340 e. The molecule has 0 saturated heterocycles. The van der Waals surface area contributed by atoms with Crippen molar-refractivity contribution >= 4 is 0 Å². The average Bonchev–Trinajstić information content (AvgIpc) is 2.11. The van der Waals surface area contributed by atoms with E-state index in [2.05, 4.69) is 37.6 Å². The molecule has 0 amide bonds. The molecule has 0 aliphatic heterocycles. The third-order valence-electron chi connectivity index (χ3n) is 2.15. The Morgan fingerprint density at radius 2 is 2.31 bits per heavy atom. The average molecular weight is 170 g/mol. The van der Waals surface area contributed by atoms with E-state index in [0.717, 1.165) is 6.42 Å². The molecule has 0 heterocycles. The Bertz CT molecular complexity index is 340. The van der Waals surface area contributed by atoms with Crippen molar-refractivity contribution in [1.29, 1.82) is 0 Å². The van der Waals surface area contributed by atoms with Gasteiger partial charge in [-0.25, -0.2) is 0 Å². The standard InChI is InChI=1S/C13H14/c1-4-7-12-10-6-9-11(3)13(12)8-5-2/h1,5-6,9-10H,2,7-8H2,3H3. The molecule has 0 heteroatoms. The van der Waals surface area contributed by atoms with Crippen LogP contribution in [0.25, 0.3) is 0 Å². The fraction of sp³-hybridized carbons (Fsp3) is 0.231. The van der Waals surface area contributed by atoms with Gasteiger partial charge in [0.1, 0.15) is 0 Å². The summed E-state index contributed by atoms with van der Waals surface area (Å²) >= 11 is 0. The number of terminal acetylenes is 1. The van der Waals surface area contributed by atoms with Crippen LogP contribution in [0.5, 0.6) is 0 Å². The van der Waals surface area contributed by atoms with E-state index in [4.69, 9.17) is 6.42 Å². The molecule has 0 radical (unpaired) electrons. The van der Waals surface area contributed by atoms with Gasteiger partial charge in [0.15, 0.2) is 0 Å². The molecule has 1 aromatic carbocycles. The van der Waals surface area contributed by atoms with Gasteiger partial charge in [0, 0.05) is 6.42 Å². The van der Waals surface area contributed by atoms with Crippen molar-refractivity contribution in [3.63, 3.8) is 0 Å². The van der Waals surface area contributed by atoms with E-state index in [9.17, 15) is 0 Å². The molecule has 0 aliphatic rings. The molecule has 0 bridgehead atoms. The third-order valence-corrected chi connectivity index (χ3v) is 2.15. The van der Waals surface area contributed by atoms with Crippen molar-refractivity contribution in [3.05, 3.63) is 47.5 Å². The van der Waals surface area contributed by atoms with Gasteiger partial charge in [-0.05, 0) is 30.0 Å². The van der Waals surface area contributed by atoms with Crippen LogP contribution in [-0.2, 0) is 12.8 Å². The van der Waals surface area contributed by atoms with Gasteiger partial charge < -0.3 is 0 Å². The molecule has 0 spiro atoms. The van der Waals surface area contributed by atoms with Crippen molar-refractivity contribution in [2.45, 2.75) is 19.8 Å². The maximum atomic E-state index is 5.30. The molecule has 0 unspecified atom stereocenters. The molecular weight excluding hydrogens is 156 g/mol. The van der Waals surface area contributed by atoms with Crippen LogP contribution in [0, 0.1) is 19.3 Å². The summed E-state index contributed by atoms with van der Waals surface area (Å²) in [6.07, 6.45) is 8.84. The fourth-order valence-electron chi connectivity index (χ4n) is 1.48. The predicted molar refractivity (Wildman–Crippen MR) is 57.6 cm³/mol. The zero-order valence-electron chi connectivity index (χ0n) is 8.01. The van der Waals surface area contributed by atoms with E-state index in [-0.39, 0.29) is 0 Å². The maximum absolute atomic E-state index is 5.30. The summed E-state index contributed by atoms with van der Waals surface area (Å²) in [5.41, 5.74) is 3.88. The number of aryl methyl sites for hydroxylation is 1. The van der Waals surface area contributed by atoms with Crippen LogP contribution in [0.4, 0.5) is 0 Å². The zero-order valence-corrected chi connectivity index (χ0v) is 8.01. The largest absolute Gasteiger partial charge is 0.120 e. The number of hydrogen-bond acceptors (Lipinski definition) is 0. The summed E-state index contributed by atoms with van der Waals surface area (Å²) in [4.78, 5) is 0. The monoisotopic (exact) mass is 170 g/mol. The van der Waals surface area contributed by atoms with Crippen LogP contribution < -0.4 is 0 Å². The highest BCUT2D eigenvalue weighted by Gasteiger charge is 2.01. The number of allylic oxidation sites excluding steroid dienone is 1. The van der Waals surface area contributed by atoms with E-state index in [1.807, 2.05) is 6.08 Å².